The van der Waals surface area contributed by atoms with E-state index >= 15 is 0 Å². The number of rotatable bonds is 5. The van der Waals surface area contributed by atoms with Gasteiger partial charge in [-0.2, -0.15) is 0 Å². The molecule has 0 spiro atoms. The van der Waals surface area contributed by atoms with Gasteiger partial charge >= 0.3 is 5.69 Å². The summed E-state index contributed by atoms with van der Waals surface area (Å²) in [6.45, 7) is -0.719. The highest BCUT2D eigenvalue weighted by atomic mass is 16.6. The SMILES string of the molecule is COc1ccc2onc(Cn3c(=O)ccn([C@@H]4O[C@H](CO)[C@@H](O)[C@H]4O)c3=O)c2c1. The Labute approximate surface area is 162 Å². The van der Waals surface area contributed by atoms with Crippen LogP contribution in [0.25, 0.3) is 11.0 Å². The van der Waals surface area contributed by atoms with Crippen molar-refractivity contribution in [3.8, 4) is 5.75 Å². The Morgan fingerprint density at radius 1 is 1.21 bits per heavy atom. The van der Waals surface area contributed by atoms with Gasteiger partial charge < -0.3 is 29.3 Å². The number of aliphatic hydroxyl groups is 3. The zero-order valence-electron chi connectivity index (χ0n) is 15.3. The third-order valence-electron chi connectivity index (χ3n) is 4.95. The molecular weight excluding hydrogens is 386 g/mol. The fraction of sp³-hybridized carbons (Fsp3) is 0.389. The lowest BCUT2D eigenvalue weighted by atomic mass is 10.1. The highest BCUT2D eigenvalue weighted by molar-refractivity contribution is 5.81. The maximum atomic E-state index is 12.9. The Hall–Kier alpha value is -2.99. The molecule has 29 heavy (non-hydrogen) atoms. The molecule has 1 aliphatic rings. The summed E-state index contributed by atoms with van der Waals surface area (Å²) in [4.78, 5) is 25.2. The number of benzene rings is 1. The van der Waals surface area contributed by atoms with Crippen LogP contribution in [0.1, 0.15) is 11.9 Å². The Balaban J connectivity index is 1.74. The summed E-state index contributed by atoms with van der Waals surface area (Å²) >= 11 is 0. The number of aliphatic hydroxyl groups excluding tert-OH is 3. The molecule has 3 N–H and O–H groups in total. The predicted octanol–water partition coefficient (Wildman–Crippen LogP) is -1.18. The zero-order chi connectivity index (χ0) is 20.7. The molecule has 0 bridgehead atoms. The van der Waals surface area contributed by atoms with Crippen LogP contribution in [0.2, 0.25) is 0 Å². The largest absolute Gasteiger partial charge is 0.497 e. The molecule has 0 radical (unpaired) electrons. The van der Waals surface area contributed by atoms with Crippen LogP contribution in [0.5, 0.6) is 5.75 Å². The molecular formula is C18H19N3O8. The van der Waals surface area contributed by atoms with Crippen LogP contribution in [0.3, 0.4) is 0 Å². The summed E-state index contributed by atoms with van der Waals surface area (Å²) < 4.78 is 17.7. The Morgan fingerprint density at radius 2 is 2.00 bits per heavy atom. The number of hydrogen-bond acceptors (Lipinski definition) is 9. The monoisotopic (exact) mass is 405 g/mol. The van der Waals surface area contributed by atoms with E-state index in [0.717, 1.165) is 15.2 Å². The zero-order valence-corrected chi connectivity index (χ0v) is 15.3. The van der Waals surface area contributed by atoms with Gasteiger partial charge in [0.25, 0.3) is 5.56 Å². The standard InChI is InChI=1S/C18H19N3O8/c1-27-9-2-3-12-10(6-9)11(19-29-12)7-21-14(23)4-5-20(18(21)26)17-16(25)15(24)13(8-22)28-17/h2-6,13,15-17,22,24-25H,7-8H2,1H3/t13-,15-,16-,17-/m1/s1. The molecule has 11 heteroatoms. The molecule has 4 atom stereocenters. The average molecular weight is 405 g/mol. The first-order chi connectivity index (χ1) is 13.9. The van der Waals surface area contributed by atoms with Crippen LogP contribution >= 0.6 is 0 Å². The fourth-order valence-electron chi connectivity index (χ4n) is 3.34. The highest BCUT2D eigenvalue weighted by Crippen LogP contribution is 2.28. The number of methoxy groups -OCH3 is 1. The summed E-state index contributed by atoms with van der Waals surface area (Å²) in [6, 6.07) is 6.18. The van der Waals surface area contributed by atoms with Gasteiger partial charge in [0.1, 0.15) is 29.8 Å². The first kappa shape index (κ1) is 19.3. The molecule has 0 amide bonds. The van der Waals surface area contributed by atoms with Crippen LogP contribution in [0.4, 0.5) is 0 Å². The summed E-state index contributed by atoms with van der Waals surface area (Å²) in [7, 11) is 1.51. The molecule has 11 nitrogen and oxygen atoms in total. The van der Waals surface area contributed by atoms with Crippen molar-refractivity contribution in [3.05, 3.63) is 57.0 Å². The van der Waals surface area contributed by atoms with Gasteiger partial charge in [-0.3, -0.25) is 13.9 Å². The maximum absolute atomic E-state index is 12.9. The minimum absolute atomic E-state index is 0.187. The van der Waals surface area contributed by atoms with Crippen LogP contribution in [-0.4, -0.2) is 61.6 Å². The Bertz CT molecular complexity index is 1150. The van der Waals surface area contributed by atoms with E-state index in [1.54, 1.807) is 18.2 Å². The molecule has 1 saturated heterocycles. The first-order valence-electron chi connectivity index (χ1n) is 8.81. The minimum atomic E-state index is -1.45. The van der Waals surface area contributed by atoms with Gasteiger partial charge in [-0.15, -0.1) is 0 Å². The molecule has 1 aromatic carbocycles. The van der Waals surface area contributed by atoms with Gasteiger partial charge in [0.15, 0.2) is 11.8 Å². The first-order valence-corrected chi connectivity index (χ1v) is 8.81. The molecule has 4 rings (SSSR count). The van der Waals surface area contributed by atoms with Crippen molar-refractivity contribution < 1.29 is 29.3 Å². The third kappa shape index (κ3) is 3.23. The van der Waals surface area contributed by atoms with Crippen molar-refractivity contribution in [1.29, 1.82) is 0 Å². The van der Waals surface area contributed by atoms with E-state index in [1.807, 2.05) is 0 Å². The average Bonchev–Trinajstić information content (AvgIpc) is 3.26. The van der Waals surface area contributed by atoms with Crippen molar-refractivity contribution in [1.82, 2.24) is 14.3 Å². The Morgan fingerprint density at radius 3 is 2.69 bits per heavy atom. The molecule has 3 aromatic rings. The van der Waals surface area contributed by atoms with Gasteiger partial charge in [-0.25, -0.2) is 4.79 Å². The summed E-state index contributed by atoms with van der Waals surface area (Å²) in [5.41, 5.74) is -0.547. The van der Waals surface area contributed by atoms with Gasteiger partial charge in [0.2, 0.25) is 0 Å². The quantitative estimate of drug-likeness (QED) is 0.477. The molecule has 1 fully saturated rings. The van der Waals surface area contributed by atoms with Crippen LogP contribution in [0, 0.1) is 0 Å². The van der Waals surface area contributed by atoms with Crippen molar-refractivity contribution in [3.63, 3.8) is 0 Å². The number of nitrogens with zero attached hydrogens (tertiary/aromatic N) is 3. The second-order valence-electron chi connectivity index (χ2n) is 6.65. The van der Waals surface area contributed by atoms with Crippen LogP contribution in [-0.2, 0) is 11.3 Å². The van der Waals surface area contributed by atoms with Crippen LogP contribution in [0.15, 0.2) is 44.6 Å². The lowest BCUT2D eigenvalue weighted by Crippen LogP contribution is -2.43. The number of fused-ring (bicyclic) bond motifs is 1. The molecule has 0 saturated carbocycles. The minimum Gasteiger partial charge on any atom is -0.497 e. The molecule has 0 aliphatic carbocycles. The van der Waals surface area contributed by atoms with Crippen molar-refractivity contribution in [2.24, 2.45) is 0 Å². The van der Waals surface area contributed by atoms with Gasteiger partial charge in [0.05, 0.1) is 25.6 Å². The van der Waals surface area contributed by atoms with Gasteiger partial charge in [-0.05, 0) is 18.2 Å². The van der Waals surface area contributed by atoms with E-state index < -0.39 is 42.4 Å². The van der Waals surface area contributed by atoms with E-state index in [4.69, 9.17) is 14.0 Å². The molecule has 154 valence electrons. The fourth-order valence-corrected chi connectivity index (χ4v) is 3.34. The summed E-state index contributed by atoms with van der Waals surface area (Å²) in [5, 5.41) is 33.9. The van der Waals surface area contributed by atoms with E-state index in [9.17, 15) is 24.9 Å². The lowest BCUT2D eigenvalue weighted by molar-refractivity contribution is -0.0555. The highest BCUT2D eigenvalue weighted by Gasteiger charge is 2.43. The van der Waals surface area contributed by atoms with Crippen molar-refractivity contribution in [2.45, 2.75) is 31.1 Å². The summed E-state index contributed by atoms with van der Waals surface area (Å²) in [6.07, 6.45) is -3.95. The lowest BCUT2D eigenvalue weighted by Gasteiger charge is -2.18. The van der Waals surface area contributed by atoms with Gasteiger partial charge in [-0.1, -0.05) is 5.16 Å². The van der Waals surface area contributed by atoms with Gasteiger partial charge in [0, 0.05) is 12.3 Å². The number of aromatic nitrogens is 3. The van der Waals surface area contributed by atoms with Crippen LogP contribution < -0.4 is 16.0 Å². The van der Waals surface area contributed by atoms with Crippen molar-refractivity contribution in [2.75, 3.05) is 13.7 Å². The second kappa shape index (κ2) is 7.44. The topological polar surface area (TPSA) is 149 Å². The molecule has 1 aliphatic heterocycles. The third-order valence-corrected chi connectivity index (χ3v) is 4.95. The molecule has 3 heterocycles. The Kier molecular flexibility index (Phi) is 4.96. The molecule has 0 unspecified atom stereocenters. The van der Waals surface area contributed by atoms with E-state index in [0.29, 0.717) is 22.4 Å². The number of ether oxygens (including phenoxy) is 2. The normalized spacial score (nSPS) is 24.3. The predicted molar refractivity (Wildman–Crippen MR) is 97.6 cm³/mol. The maximum Gasteiger partial charge on any atom is 0.333 e. The van der Waals surface area contributed by atoms with E-state index in [2.05, 4.69) is 5.16 Å². The second-order valence-corrected chi connectivity index (χ2v) is 6.65. The van der Waals surface area contributed by atoms with Crippen molar-refractivity contribution >= 4 is 11.0 Å². The number of hydrogen-bond donors (Lipinski definition) is 3. The van der Waals surface area contributed by atoms with E-state index in [1.165, 1.54) is 13.3 Å². The van der Waals surface area contributed by atoms with E-state index in [-0.39, 0.29) is 6.54 Å². The molecule has 2 aromatic heterocycles. The summed E-state index contributed by atoms with van der Waals surface area (Å²) in [5.74, 6) is 0.561. The smallest absolute Gasteiger partial charge is 0.333 e.